The predicted octanol–water partition coefficient (Wildman–Crippen LogP) is 1.68. The first kappa shape index (κ1) is 19.9. The lowest BCUT2D eigenvalue weighted by Crippen LogP contribution is -2.58. The molecule has 7 nitrogen and oxygen atoms in total. The third-order valence-corrected chi connectivity index (χ3v) is 7.09. The molecule has 7 heteroatoms. The number of aromatic nitrogens is 2. The number of imidazole rings is 1. The molecule has 1 aliphatic carbocycles. The van der Waals surface area contributed by atoms with E-state index in [1.807, 2.05) is 26.4 Å². The van der Waals surface area contributed by atoms with Crippen LogP contribution in [0.1, 0.15) is 38.4 Å². The van der Waals surface area contributed by atoms with Gasteiger partial charge >= 0.3 is 5.97 Å². The molecule has 2 saturated heterocycles. The van der Waals surface area contributed by atoms with Crippen LogP contribution >= 0.6 is 0 Å². The van der Waals surface area contributed by atoms with Crippen LogP contribution in [0.4, 0.5) is 0 Å². The van der Waals surface area contributed by atoms with Crippen molar-refractivity contribution in [1.29, 1.82) is 0 Å². The smallest absolute Gasteiger partial charge is 0.313 e. The number of nitrogens with zero attached hydrogens (tertiary/aromatic N) is 4. The number of piperidine rings is 1. The molecule has 1 saturated carbocycles. The van der Waals surface area contributed by atoms with Crippen LogP contribution < -0.4 is 0 Å². The van der Waals surface area contributed by atoms with E-state index in [1.54, 1.807) is 0 Å². The number of hydrogen-bond acceptors (Lipinski definition) is 6. The van der Waals surface area contributed by atoms with Gasteiger partial charge in [-0.15, -0.1) is 0 Å². The highest BCUT2D eigenvalue weighted by molar-refractivity contribution is 5.78. The second-order valence-electron chi connectivity index (χ2n) is 8.60. The van der Waals surface area contributed by atoms with Gasteiger partial charge in [0.2, 0.25) is 0 Å². The Morgan fingerprint density at radius 3 is 2.86 bits per heavy atom. The molecule has 0 amide bonds. The molecule has 0 aromatic carbocycles. The van der Waals surface area contributed by atoms with Gasteiger partial charge in [-0.1, -0.05) is 0 Å². The van der Waals surface area contributed by atoms with Crippen LogP contribution in [0.15, 0.2) is 12.4 Å². The summed E-state index contributed by atoms with van der Waals surface area (Å²) in [4.78, 5) is 22.6. The van der Waals surface area contributed by atoms with Gasteiger partial charge in [0.25, 0.3) is 0 Å². The summed E-state index contributed by atoms with van der Waals surface area (Å²) in [7, 11) is 2.03. The molecule has 3 aliphatic rings. The molecule has 2 aliphatic heterocycles. The first-order valence-electron chi connectivity index (χ1n) is 10.8. The Hall–Kier alpha value is -1.44. The van der Waals surface area contributed by atoms with Crippen LogP contribution in [0.2, 0.25) is 0 Å². The summed E-state index contributed by atoms with van der Waals surface area (Å²) in [5, 5.41) is 0. The van der Waals surface area contributed by atoms with Crippen molar-refractivity contribution >= 4 is 5.97 Å². The molecular formula is C21H34N4O3. The molecular weight excluding hydrogens is 356 g/mol. The number of rotatable bonds is 5. The van der Waals surface area contributed by atoms with Crippen LogP contribution in [0.5, 0.6) is 0 Å². The van der Waals surface area contributed by atoms with Crippen molar-refractivity contribution in [3.63, 3.8) is 0 Å². The molecule has 156 valence electrons. The van der Waals surface area contributed by atoms with Gasteiger partial charge in [-0.3, -0.25) is 14.6 Å². The average Bonchev–Trinajstić information content (AvgIpc) is 3.12. The molecule has 0 bridgehead atoms. The molecule has 3 fully saturated rings. The highest BCUT2D eigenvalue weighted by Crippen LogP contribution is 2.48. The van der Waals surface area contributed by atoms with Crippen LogP contribution in [0, 0.1) is 11.3 Å². The SMILES string of the molecule is CCOC(=O)[C@@]12CC[C@@H](N3CCOCC3)C[C@H]1CCN(Cc1nccn1C)C2. The number of esters is 1. The van der Waals surface area contributed by atoms with Gasteiger partial charge in [0, 0.05) is 45.1 Å². The van der Waals surface area contributed by atoms with Crippen LogP contribution in [-0.2, 0) is 27.9 Å². The minimum absolute atomic E-state index is 0.0185. The quantitative estimate of drug-likeness (QED) is 0.713. The summed E-state index contributed by atoms with van der Waals surface area (Å²) < 4.78 is 13.2. The van der Waals surface area contributed by atoms with Gasteiger partial charge in [-0.2, -0.15) is 0 Å². The van der Waals surface area contributed by atoms with Gasteiger partial charge in [0.15, 0.2) is 0 Å². The first-order chi connectivity index (χ1) is 13.6. The van der Waals surface area contributed by atoms with Gasteiger partial charge < -0.3 is 14.0 Å². The van der Waals surface area contributed by atoms with Crippen molar-refractivity contribution in [1.82, 2.24) is 19.4 Å². The van der Waals surface area contributed by atoms with Gasteiger partial charge in [-0.05, 0) is 45.1 Å². The highest BCUT2D eigenvalue weighted by atomic mass is 16.5. The van der Waals surface area contributed by atoms with Gasteiger partial charge in [-0.25, -0.2) is 4.98 Å². The van der Waals surface area contributed by atoms with E-state index in [4.69, 9.17) is 9.47 Å². The van der Waals surface area contributed by atoms with Gasteiger partial charge in [0.05, 0.1) is 31.8 Å². The van der Waals surface area contributed by atoms with E-state index in [-0.39, 0.29) is 11.4 Å². The Morgan fingerprint density at radius 2 is 2.14 bits per heavy atom. The van der Waals surface area contributed by atoms with Crippen molar-refractivity contribution in [2.45, 2.75) is 45.2 Å². The standard InChI is InChI=1S/C21H34N4O3/c1-3-28-20(26)21-6-4-18(25-10-12-27-13-11-25)14-17(21)5-8-24(16-21)15-19-22-7-9-23(19)2/h7,9,17-18H,3-6,8,10-16H2,1-2H3/t17-,18-,21-/m1/s1. The predicted molar refractivity (Wildman–Crippen MR) is 106 cm³/mol. The lowest BCUT2D eigenvalue weighted by atomic mass is 9.61. The number of morpholine rings is 1. The monoisotopic (exact) mass is 390 g/mol. The van der Waals surface area contributed by atoms with E-state index in [0.29, 0.717) is 18.6 Å². The van der Waals surface area contributed by atoms with Crippen molar-refractivity contribution < 1.29 is 14.3 Å². The third kappa shape index (κ3) is 3.84. The molecule has 3 heterocycles. The highest BCUT2D eigenvalue weighted by Gasteiger charge is 2.53. The van der Waals surface area contributed by atoms with Crippen molar-refractivity contribution in [2.24, 2.45) is 18.4 Å². The molecule has 1 aromatic heterocycles. The number of ether oxygens (including phenoxy) is 2. The summed E-state index contributed by atoms with van der Waals surface area (Å²) >= 11 is 0. The summed E-state index contributed by atoms with van der Waals surface area (Å²) in [6.07, 6.45) is 7.99. The first-order valence-corrected chi connectivity index (χ1v) is 10.8. The number of aryl methyl sites for hydroxylation is 1. The van der Waals surface area contributed by atoms with E-state index in [2.05, 4.69) is 19.4 Å². The summed E-state index contributed by atoms with van der Waals surface area (Å²) in [5.74, 6) is 1.48. The topological polar surface area (TPSA) is 59.8 Å². The molecule has 28 heavy (non-hydrogen) atoms. The summed E-state index contributed by atoms with van der Waals surface area (Å²) in [6.45, 7) is 8.70. The molecule has 0 spiro atoms. The maximum atomic E-state index is 13.1. The summed E-state index contributed by atoms with van der Waals surface area (Å²) in [5.41, 5.74) is -0.359. The number of hydrogen-bond donors (Lipinski definition) is 0. The second-order valence-corrected chi connectivity index (χ2v) is 8.60. The summed E-state index contributed by atoms with van der Waals surface area (Å²) in [6, 6.07) is 0.581. The maximum absolute atomic E-state index is 13.1. The fourth-order valence-electron chi connectivity index (χ4n) is 5.49. The Labute approximate surface area is 168 Å². The van der Waals surface area contributed by atoms with Crippen LogP contribution in [0.25, 0.3) is 0 Å². The second kappa shape index (κ2) is 8.51. The van der Waals surface area contributed by atoms with E-state index in [9.17, 15) is 4.79 Å². The largest absolute Gasteiger partial charge is 0.466 e. The molecule has 0 radical (unpaired) electrons. The molecule has 0 unspecified atom stereocenters. The van der Waals surface area contributed by atoms with Crippen LogP contribution in [-0.4, -0.2) is 77.4 Å². The van der Waals surface area contributed by atoms with Gasteiger partial charge in [0.1, 0.15) is 5.82 Å². The normalized spacial score (nSPS) is 32.1. The Bertz CT molecular complexity index is 672. The zero-order valence-corrected chi connectivity index (χ0v) is 17.3. The third-order valence-electron chi connectivity index (χ3n) is 7.09. The fraction of sp³-hybridized carbons (Fsp3) is 0.810. The Kier molecular flexibility index (Phi) is 6.04. The molecule has 1 aromatic rings. The maximum Gasteiger partial charge on any atom is 0.313 e. The van der Waals surface area contributed by atoms with Crippen molar-refractivity contribution in [3.8, 4) is 0 Å². The Balaban J connectivity index is 1.49. The lowest BCUT2D eigenvalue weighted by molar-refractivity contribution is -0.170. The Morgan fingerprint density at radius 1 is 1.32 bits per heavy atom. The number of carbonyl (C=O) groups is 1. The zero-order chi connectivity index (χ0) is 19.6. The lowest BCUT2D eigenvalue weighted by Gasteiger charge is -2.52. The van der Waals surface area contributed by atoms with Crippen molar-refractivity contribution in [3.05, 3.63) is 18.2 Å². The molecule has 4 rings (SSSR count). The zero-order valence-electron chi connectivity index (χ0n) is 17.3. The fourth-order valence-corrected chi connectivity index (χ4v) is 5.49. The number of fused-ring (bicyclic) bond motifs is 1. The van der Waals surface area contributed by atoms with Crippen LogP contribution in [0.3, 0.4) is 0 Å². The van der Waals surface area contributed by atoms with E-state index in [0.717, 1.165) is 77.4 Å². The average molecular weight is 391 g/mol. The van der Waals surface area contributed by atoms with Crippen molar-refractivity contribution in [2.75, 3.05) is 46.0 Å². The minimum atomic E-state index is -0.359. The molecule has 0 N–H and O–H groups in total. The van der Waals surface area contributed by atoms with E-state index < -0.39 is 0 Å². The van der Waals surface area contributed by atoms with E-state index in [1.165, 1.54) is 0 Å². The van der Waals surface area contributed by atoms with E-state index >= 15 is 0 Å². The molecule has 3 atom stereocenters. The number of likely N-dealkylation sites (tertiary alicyclic amines) is 1. The minimum Gasteiger partial charge on any atom is -0.466 e. The number of carbonyl (C=O) groups excluding carboxylic acids is 1.